The van der Waals surface area contributed by atoms with Gasteiger partial charge in [0.05, 0.1) is 30.0 Å². The molecule has 1 heterocycles. The maximum atomic E-state index is 9.92. The van der Waals surface area contributed by atoms with Crippen molar-refractivity contribution in [2.45, 2.75) is 6.10 Å². The summed E-state index contributed by atoms with van der Waals surface area (Å²) in [7, 11) is 0. The lowest BCUT2D eigenvalue weighted by Crippen LogP contribution is -2.49. The second kappa shape index (κ2) is 8.39. The zero-order chi connectivity index (χ0) is 15.1. The summed E-state index contributed by atoms with van der Waals surface area (Å²) in [6.07, 6.45) is 1.24. The second-order valence-corrected chi connectivity index (χ2v) is 5.63. The van der Waals surface area contributed by atoms with Gasteiger partial charge in [-0.05, 0) is 12.1 Å². The molecule has 1 aromatic rings. The lowest BCUT2D eigenvalue weighted by Gasteiger charge is -2.37. The van der Waals surface area contributed by atoms with Crippen molar-refractivity contribution in [3.8, 4) is 0 Å². The van der Waals surface area contributed by atoms with Gasteiger partial charge in [-0.25, -0.2) is 0 Å². The first kappa shape index (κ1) is 16.3. The number of anilines is 1. The lowest BCUT2D eigenvalue weighted by atomic mass is 10.2. The molecule has 1 aliphatic rings. The van der Waals surface area contributed by atoms with Crippen molar-refractivity contribution in [2.24, 2.45) is 0 Å². The number of halogens is 1. The molecule has 5 heteroatoms. The van der Waals surface area contributed by atoms with Crippen molar-refractivity contribution in [3.63, 3.8) is 0 Å². The molecule has 0 saturated carbocycles. The number of hydrogen-bond acceptors (Lipinski definition) is 4. The number of ether oxygens (including phenoxy) is 1. The van der Waals surface area contributed by atoms with E-state index < -0.39 is 6.10 Å². The Balaban J connectivity index is 1.75. The number of aliphatic hydroxyl groups excluding tert-OH is 1. The van der Waals surface area contributed by atoms with Gasteiger partial charge in [-0.3, -0.25) is 4.90 Å². The van der Waals surface area contributed by atoms with E-state index in [1.807, 2.05) is 18.2 Å². The summed E-state index contributed by atoms with van der Waals surface area (Å²) < 4.78 is 5.27. The maximum Gasteiger partial charge on any atom is 0.0900 e. The summed E-state index contributed by atoms with van der Waals surface area (Å²) >= 11 is 6.23. The molecule has 2 rings (SSSR count). The van der Waals surface area contributed by atoms with Crippen LogP contribution in [0.3, 0.4) is 0 Å². The molecular weight excluding hydrogens is 288 g/mol. The predicted molar refractivity (Wildman–Crippen MR) is 87.1 cm³/mol. The molecule has 0 radical (unpaired) electrons. The number of hydrogen-bond donors (Lipinski definition) is 1. The van der Waals surface area contributed by atoms with Gasteiger partial charge < -0.3 is 14.7 Å². The van der Waals surface area contributed by atoms with E-state index in [-0.39, 0.29) is 0 Å². The zero-order valence-electron chi connectivity index (χ0n) is 12.2. The highest BCUT2D eigenvalue weighted by atomic mass is 35.5. The fourth-order valence-corrected chi connectivity index (χ4v) is 2.77. The second-order valence-electron chi connectivity index (χ2n) is 5.22. The van der Waals surface area contributed by atoms with Crippen LogP contribution in [0.25, 0.3) is 0 Å². The average molecular weight is 311 g/mol. The highest BCUT2D eigenvalue weighted by Gasteiger charge is 2.20. The normalized spacial score (nSPS) is 17.7. The fraction of sp³-hybridized carbons (Fsp3) is 0.500. The summed E-state index contributed by atoms with van der Waals surface area (Å²) in [5.41, 5.74) is 1.09. The number of para-hydroxylation sites is 1. The maximum absolute atomic E-state index is 9.92. The van der Waals surface area contributed by atoms with Crippen LogP contribution < -0.4 is 4.90 Å². The Morgan fingerprint density at radius 2 is 2.00 bits per heavy atom. The molecule has 1 N–H and O–H groups in total. The summed E-state index contributed by atoms with van der Waals surface area (Å²) in [6, 6.07) is 7.93. The Morgan fingerprint density at radius 3 is 2.67 bits per heavy atom. The van der Waals surface area contributed by atoms with E-state index in [2.05, 4.69) is 22.4 Å². The van der Waals surface area contributed by atoms with Gasteiger partial charge in [0.25, 0.3) is 0 Å². The molecule has 116 valence electrons. The van der Waals surface area contributed by atoms with Crippen molar-refractivity contribution in [1.82, 2.24) is 4.90 Å². The summed E-state index contributed by atoms with van der Waals surface area (Å²) in [5, 5.41) is 10.7. The van der Waals surface area contributed by atoms with Crippen LogP contribution in [0.1, 0.15) is 0 Å². The predicted octanol–water partition coefficient (Wildman–Crippen LogP) is 2.03. The minimum absolute atomic E-state index is 0.358. The standard InChI is InChI=1S/C16H23ClN2O2/c1-2-11-21-13-14(20)12-18-7-9-19(10-8-18)16-6-4-3-5-15(16)17/h2-6,14,20H,1,7-13H2. The van der Waals surface area contributed by atoms with Crippen molar-refractivity contribution < 1.29 is 9.84 Å². The topological polar surface area (TPSA) is 35.9 Å². The fourth-order valence-electron chi connectivity index (χ4n) is 2.52. The van der Waals surface area contributed by atoms with Gasteiger partial charge in [0.1, 0.15) is 0 Å². The summed E-state index contributed by atoms with van der Waals surface area (Å²) in [4.78, 5) is 4.55. The van der Waals surface area contributed by atoms with E-state index in [1.165, 1.54) is 0 Å². The molecule has 1 aromatic carbocycles. The third kappa shape index (κ3) is 5.00. The zero-order valence-corrected chi connectivity index (χ0v) is 13.0. The Morgan fingerprint density at radius 1 is 1.29 bits per heavy atom. The van der Waals surface area contributed by atoms with Gasteiger partial charge >= 0.3 is 0 Å². The van der Waals surface area contributed by atoms with Crippen LogP contribution in [-0.4, -0.2) is 62.0 Å². The molecule has 21 heavy (non-hydrogen) atoms. The Bertz CT molecular complexity index is 448. The Hall–Kier alpha value is -1.07. The molecule has 1 atom stereocenters. The Kier molecular flexibility index (Phi) is 6.51. The highest BCUT2D eigenvalue weighted by Crippen LogP contribution is 2.25. The van der Waals surface area contributed by atoms with E-state index in [4.69, 9.17) is 16.3 Å². The quantitative estimate of drug-likeness (QED) is 0.617. The van der Waals surface area contributed by atoms with Crippen LogP contribution >= 0.6 is 11.6 Å². The first-order valence-electron chi connectivity index (χ1n) is 7.29. The van der Waals surface area contributed by atoms with Gasteiger partial charge in [0.2, 0.25) is 0 Å². The molecule has 0 aromatic heterocycles. The molecule has 0 aliphatic carbocycles. The number of β-amino-alcohol motifs (C(OH)–C–C–N with tert-alkyl or cyclic N) is 1. The lowest BCUT2D eigenvalue weighted by molar-refractivity contribution is 0.0252. The van der Waals surface area contributed by atoms with Crippen molar-refractivity contribution >= 4 is 17.3 Å². The van der Waals surface area contributed by atoms with E-state index in [1.54, 1.807) is 6.08 Å². The van der Waals surface area contributed by atoms with E-state index in [9.17, 15) is 5.11 Å². The number of benzene rings is 1. The van der Waals surface area contributed by atoms with Crippen molar-refractivity contribution in [2.75, 3.05) is 50.8 Å². The van der Waals surface area contributed by atoms with Crippen LogP contribution in [0.15, 0.2) is 36.9 Å². The number of rotatable bonds is 7. The van der Waals surface area contributed by atoms with Gasteiger partial charge in [0.15, 0.2) is 0 Å². The minimum atomic E-state index is -0.447. The minimum Gasteiger partial charge on any atom is -0.389 e. The smallest absolute Gasteiger partial charge is 0.0900 e. The van der Waals surface area contributed by atoms with Gasteiger partial charge in [-0.1, -0.05) is 29.8 Å². The van der Waals surface area contributed by atoms with E-state index >= 15 is 0 Å². The van der Waals surface area contributed by atoms with Crippen LogP contribution in [0.4, 0.5) is 5.69 Å². The van der Waals surface area contributed by atoms with Crippen molar-refractivity contribution in [3.05, 3.63) is 41.9 Å². The first-order chi connectivity index (χ1) is 10.2. The van der Waals surface area contributed by atoms with E-state index in [0.717, 1.165) is 36.9 Å². The monoisotopic (exact) mass is 310 g/mol. The van der Waals surface area contributed by atoms with Crippen LogP contribution in [0.2, 0.25) is 5.02 Å². The molecule has 0 spiro atoms. The molecule has 1 saturated heterocycles. The molecular formula is C16H23ClN2O2. The summed E-state index contributed by atoms with van der Waals surface area (Å²) in [6.45, 7) is 8.75. The van der Waals surface area contributed by atoms with Gasteiger partial charge in [0, 0.05) is 32.7 Å². The molecule has 1 unspecified atom stereocenters. The van der Waals surface area contributed by atoms with Crippen molar-refractivity contribution in [1.29, 1.82) is 0 Å². The highest BCUT2D eigenvalue weighted by molar-refractivity contribution is 6.33. The molecule has 0 amide bonds. The third-order valence-electron chi connectivity index (χ3n) is 3.58. The van der Waals surface area contributed by atoms with Crippen LogP contribution in [0.5, 0.6) is 0 Å². The average Bonchev–Trinajstić information content (AvgIpc) is 2.49. The molecule has 1 aliphatic heterocycles. The molecule has 4 nitrogen and oxygen atoms in total. The summed E-state index contributed by atoms with van der Waals surface area (Å²) in [5.74, 6) is 0. The number of aliphatic hydroxyl groups is 1. The van der Waals surface area contributed by atoms with Crippen LogP contribution in [0, 0.1) is 0 Å². The third-order valence-corrected chi connectivity index (χ3v) is 3.90. The van der Waals surface area contributed by atoms with Crippen LogP contribution in [-0.2, 0) is 4.74 Å². The number of piperazine rings is 1. The largest absolute Gasteiger partial charge is 0.389 e. The SMILES string of the molecule is C=CCOCC(O)CN1CCN(c2ccccc2Cl)CC1. The van der Waals surface area contributed by atoms with Gasteiger partial charge in [-0.2, -0.15) is 0 Å². The Labute approximate surface area is 131 Å². The van der Waals surface area contributed by atoms with E-state index in [0.29, 0.717) is 19.8 Å². The van der Waals surface area contributed by atoms with Gasteiger partial charge in [-0.15, -0.1) is 6.58 Å². The number of nitrogens with zero attached hydrogens (tertiary/aromatic N) is 2. The molecule has 1 fully saturated rings. The first-order valence-corrected chi connectivity index (χ1v) is 7.67. The molecule has 0 bridgehead atoms.